The lowest BCUT2D eigenvalue weighted by atomic mass is 10.3. The van der Waals surface area contributed by atoms with Gasteiger partial charge in [-0.3, -0.25) is 14.7 Å². The predicted octanol–water partition coefficient (Wildman–Crippen LogP) is 1.24. The molecule has 3 rings (SSSR count). The molecule has 2 aromatic rings. The van der Waals surface area contributed by atoms with E-state index in [1.165, 1.54) is 0 Å². The van der Waals surface area contributed by atoms with E-state index in [9.17, 15) is 4.79 Å². The minimum atomic E-state index is -0.000661. The second-order valence-corrected chi connectivity index (χ2v) is 5.24. The normalized spacial score (nSPS) is 15.5. The molecule has 0 aliphatic carbocycles. The number of piperazine rings is 1. The first-order chi connectivity index (χ1) is 10.8. The van der Waals surface area contributed by atoms with Gasteiger partial charge in [0.05, 0.1) is 18.4 Å². The van der Waals surface area contributed by atoms with Gasteiger partial charge in [0.2, 0.25) is 5.91 Å². The molecule has 6 nitrogen and oxygen atoms in total. The fraction of sp³-hybridized carbons (Fsp3) is 0.312. The second-order valence-electron chi connectivity index (χ2n) is 5.24. The third-order valence-corrected chi connectivity index (χ3v) is 3.66. The standard InChI is InChI=1S/C16H19N5O/c22-16(19-14-4-3-6-17-12-14)13-20-8-10-21(11-9-20)15-5-1-2-7-18-15/h1-7,12H,8-11,13H2,(H,19,22). The number of nitrogens with one attached hydrogen (secondary N) is 1. The molecule has 0 saturated carbocycles. The third kappa shape index (κ3) is 3.79. The summed E-state index contributed by atoms with van der Waals surface area (Å²) in [5.41, 5.74) is 0.736. The Labute approximate surface area is 129 Å². The van der Waals surface area contributed by atoms with Crippen LogP contribution in [0.2, 0.25) is 0 Å². The van der Waals surface area contributed by atoms with Crippen LogP contribution in [-0.2, 0) is 4.79 Å². The maximum Gasteiger partial charge on any atom is 0.238 e. The maximum atomic E-state index is 12.0. The number of amides is 1. The Kier molecular flexibility index (Phi) is 4.60. The van der Waals surface area contributed by atoms with E-state index >= 15 is 0 Å². The largest absolute Gasteiger partial charge is 0.354 e. The first-order valence-corrected chi connectivity index (χ1v) is 7.39. The SMILES string of the molecule is O=C(CN1CCN(c2ccccn2)CC1)Nc1cccnc1. The molecule has 1 saturated heterocycles. The highest BCUT2D eigenvalue weighted by Crippen LogP contribution is 2.12. The number of pyridine rings is 2. The Balaban J connectivity index is 1.47. The Bertz CT molecular complexity index is 596. The van der Waals surface area contributed by atoms with Crippen molar-refractivity contribution < 1.29 is 4.79 Å². The van der Waals surface area contributed by atoms with Crippen LogP contribution in [-0.4, -0.2) is 53.5 Å². The summed E-state index contributed by atoms with van der Waals surface area (Å²) >= 11 is 0. The van der Waals surface area contributed by atoms with Crippen molar-refractivity contribution >= 4 is 17.4 Å². The van der Waals surface area contributed by atoms with Crippen LogP contribution < -0.4 is 10.2 Å². The van der Waals surface area contributed by atoms with Gasteiger partial charge in [-0.2, -0.15) is 0 Å². The average molecular weight is 297 g/mol. The number of carbonyl (C=O) groups is 1. The first-order valence-electron chi connectivity index (χ1n) is 7.39. The number of aromatic nitrogens is 2. The van der Waals surface area contributed by atoms with Gasteiger partial charge in [0, 0.05) is 38.6 Å². The van der Waals surface area contributed by atoms with Crippen LogP contribution in [0.3, 0.4) is 0 Å². The summed E-state index contributed by atoms with van der Waals surface area (Å²) in [6, 6.07) is 9.58. The molecule has 0 bridgehead atoms. The highest BCUT2D eigenvalue weighted by Gasteiger charge is 2.19. The molecular formula is C16H19N5O. The van der Waals surface area contributed by atoms with Crippen molar-refractivity contribution in [3.8, 4) is 0 Å². The Morgan fingerprint density at radius 1 is 1.09 bits per heavy atom. The van der Waals surface area contributed by atoms with E-state index in [1.807, 2.05) is 30.5 Å². The lowest BCUT2D eigenvalue weighted by Gasteiger charge is -2.34. The van der Waals surface area contributed by atoms with Crippen LogP contribution in [0, 0.1) is 0 Å². The first kappa shape index (κ1) is 14.5. The molecule has 114 valence electrons. The minimum Gasteiger partial charge on any atom is -0.354 e. The number of nitrogens with zero attached hydrogens (tertiary/aromatic N) is 4. The van der Waals surface area contributed by atoms with E-state index in [2.05, 4.69) is 25.1 Å². The molecule has 0 radical (unpaired) electrons. The van der Waals surface area contributed by atoms with Crippen LogP contribution >= 0.6 is 0 Å². The van der Waals surface area contributed by atoms with Crippen molar-refractivity contribution in [1.29, 1.82) is 0 Å². The molecule has 1 aliphatic heterocycles. The van der Waals surface area contributed by atoms with E-state index in [0.717, 1.165) is 37.7 Å². The van der Waals surface area contributed by atoms with Gasteiger partial charge >= 0.3 is 0 Å². The van der Waals surface area contributed by atoms with Crippen molar-refractivity contribution in [3.63, 3.8) is 0 Å². The summed E-state index contributed by atoms with van der Waals surface area (Å²) in [7, 11) is 0. The topological polar surface area (TPSA) is 61.4 Å². The lowest BCUT2D eigenvalue weighted by Crippen LogP contribution is -2.48. The minimum absolute atomic E-state index is 0.000661. The number of rotatable bonds is 4. The molecule has 2 aromatic heterocycles. The van der Waals surface area contributed by atoms with E-state index in [-0.39, 0.29) is 5.91 Å². The molecular weight excluding hydrogens is 278 g/mol. The van der Waals surface area contributed by atoms with Crippen LogP contribution in [0.1, 0.15) is 0 Å². The highest BCUT2D eigenvalue weighted by atomic mass is 16.2. The van der Waals surface area contributed by atoms with E-state index in [1.54, 1.807) is 18.5 Å². The summed E-state index contributed by atoms with van der Waals surface area (Å²) < 4.78 is 0. The van der Waals surface area contributed by atoms with Crippen molar-refractivity contribution in [3.05, 3.63) is 48.9 Å². The quantitative estimate of drug-likeness (QED) is 0.920. The number of carbonyl (C=O) groups excluding carboxylic acids is 1. The molecule has 0 spiro atoms. The summed E-state index contributed by atoms with van der Waals surface area (Å²) in [5.74, 6) is 1.00. The average Bonchev–Trinajstić information content (AvgIpc) is 2.57. The molecule has 1 N–H and O–H groups in total. The molecule has 1 amide bonds. The molecule has 6 heteroatoms. The van der Waals surface area contributed by atoms with Gasteiger partial charge < -0.3 is 10.2 Å². The Morgan fingerprint density at radius 3 is 2.64 bits per heavy atom. The van der Waals surface area contributed by atoms with Gasteiger partial charge in [-0.15, -0.1) is 0 Å². The molecule has 3 heterocycles. The van der Waals surface area contributed by atoms with Gasteiger partial charge in [0.15, 0.2) is 0 Å². The smallest absolute Gasteiger partial charge is 0.238 e. The van der Waals surface area contributed by atoms with E-state index in [0.29, 0.717) is 6.54 Å². The summed E-state index contributed by atoms with van der Waals surface area (Å²) in [4.78, 5) is 24.8. The Hall–Kier alpha value is -2.47. The van der Waals surface area contributed by atoms with Crippen molar-refractivity contribution in [1.82, 2.24) is 14.9 Å². The van der Waals surface area contributed by atoms with Crippen LogP contribution in [0.4, 0.5) is 11.5 Å². The number of hydrogen-bond donors (Lipinski definition) is 1. The maximum absolute atomic E-state index is 12.0. The number of hydrogen-bond acceptors (Lipinski definition) is 5. The van der Waals surface area contributed by atoms with Gasteiger partial charge in [-0.05, 0) is 24.3 Å². The fourth-order valence-electron chi connectivity index (χ4n) is 2.52. The summed E-state index contributed by atoms with van der Waals surface area (Å²) in [6.07, 6.45) is 5.15. The summed E-state index contributed by atoms with van der Waals surface area (Å²) in [6.45, 7) is 3.90. The Morgan fingerprint density at radius 2 is 1.95 bits per heavy atom. The monoisotopic (exact) mass is 297 g/mol. The van der Waals surface area contributed by atoms with Gasteiger partial charge in [0.25, 0.3) is 0 Å². The fourth-order valence-corrected chi connectivity index (χ4v) is 2.52. The van der Waals surface area contributed by atoms with Crippen LogP contribution in [0.5, 0.6) is 0 Å². The second kappa shape index (κ2) is 7.00. The predicted molar refractivity (Wildman–Crippen MR) is 85.8 cm³/mol. The molecule has 0 aromatic carbocycles. The van der Waals surface area contributed by atoms with Gasteiger partial charge in [-0.25, -0.2) is 4.98 Å². The van der Waals surface area contributed by atoms with Gasteiger partial charge in [0.1, 0.15) is 5.82 Å². The van der Waals surface area contributed by atoms with Crippen molar-refractivity contribution in [2.24, 2.45) is 0 Å². The van der Waals surface area contributed by atoms with Gasteiger partial charge in [-0.1, -0.05) is 6.07 Å². The molecule has 1 fully saturated rings. The zero-order valence-electron chi connectivity index (χ0n) is 12.4. The molecule has 0 unspecified atom stereocenters. The molecule has 0 atom stereocenters. The van der Waals surface area contributed by atoms with Crippen molar-refractivity contribution in [2.45, 2.75) is 0 Å². The number of anilines is 2. The van der Waals surface area contributed by atoms with E-state index < -0.39 is 0 Å². The third-order valence-electron chi connectivity index (χ3n) is 3.66. The van der Waals surface area contributed by atoms with Crippen molar-refractivity contribution in [2.75, 3.05) is 42.9 Å². The zero-order chi connectivity index (χ0) is 15.2. The zero-order valence-corrected chi connectivity index (χ0v) is 12.4. The van der Waals surface area contributed by atoms with Crippen LogP contribution in [0.15, 0.2) is 48.9 Å². The lowest BCUT2D eigenvalue weighted by molar-refractivity contribution is -0.117. The highest BCUT2D eigenvalue weighted by molar-refractivity contribution is 5.92. The molecule has 22 heavy (non-hydrogen) atoms. The van der Waals surface area contributed by atoms with Crippen LogP contribution in [0.25, 0.3) is 0 Å². The van der Waals surface area contributed by atoms with E-state index in [4.69, 9.17) is 0 Å². The molecule has 1 aliphatic rings. The summed E-state index contributed by atoms with van der Waals surface area (Å²) in [5, 5.41) is 2.86.